The Morgan fingerprint density at radius 3 is 1.73 bits per heavy atom. The van der Waals surface area contributed by atoms with Crippen molar-refractivity contribution in [1.29, 1.82) is 0 Å². The first-order valence-electron chi connectivity index (χ1n) is 4.01. The second-order valence-electron chi connectivity index (χ2n) is 2.72. The van der Waals surface area contributed by atoms with Gasteiger partial charge < -0.3 is 10.2 Å². The van der Waals surface area contributed by atoms with E-state index in [1.165, 1.54) is 0 Å². The summed E-state index contributed by atoms with van der Waals surface area (Å²) in [5.41, 5.74) is 0. The van der Waals surface area contributed by atoms with Gasteiger partial charge >= 0.3 is 0 Å². The van der Waals surface area contributed by atoms with Crippen molar-refractivity contribution < 1.29 is 10.2 Å². The van der Waals surface area contributed by atoms with E-state index in [1.807, 2.05) is 6.08 Å². The first-order chi connectivity index (χ1) is 5.18. The van der Waals surface area contributed by atoms with Gasteiger partial charge in [-0.15, -0.1) is 6.58 Å². The molecule has 0 unspecified atom stereocenters. The van der Waals surface area contributed by atoms with Gasteiger partial charge in [0, 0.05) is 13.2 Å². The standard InChI is InChI=1S/C6H12.C3H8O2/c1-4-5-6(2)3;4-2-1-3-5/h4,6H,1,5H2,2-3H3;4-5H,1-3H2. The molecule has 0 atom stereocenters. The predicted octanol–water partition coefficient (Wildman–Crippen LogP) is 1.58. The number of aliphatic hydroxyl groups is 2. The van der Waals surface area contributed by atoms with Crippen molar-refractivity contribution in [3.8, 4) is 0 Å². The zero-order valence-electron chi connectivity index (χ0n) is 7.58. The van der Waals surface area contributed by atoms with Crippen LogP contribution >= 0.6 is 0 Å². The average Bonchev–Trinajstić information content (AvgIpc) is 1.90. The molecule has 0 rings (SSSR count). The van der Waals surface area contributed by atoms with Gasteiger partial charge in [0.15, 0.2) is 0 Å². The molecule has 0 heterocycles. The largest absolute Gasteiger partial charge is 0.396 e. The highest BCUT2D eigenvalue weighted by atomic mass is 16.3. The van der Waals surface area contributed by atoms with Crippen molar-refractivity contribution in [3.63, 3.8) is 0 Å². The van der Waals surface area contributed by atoms with Crippen LogP contribution in [0.2, 0.25) is 0 Å². The number of rotatable bonds is 4. The lowest BCUT2D eigenvalue weighted by molar-refractivity contribution is 0.221. The molecular weight excluding hydrogens is 140 g/mol. The molecule has 0 fully saturated rings. The molecule has 0 aromatic rings. The molecule has 2 heteroatoms. The number of allylic oxidation sites excluding steroid dienone is 1. The van der Waals surface area contributed by atoms with Crippen LogP contribution in [0.4, 0.5) is 0 Å². The highest BCUT2D eigenvalue weighted by Gasteiger charge is 1.82. The summed E-state index contributed by atoms with van der Waals surface area (Å²) in [5.74, 6) is 0.780. The molecule has 0 aromatic heterocycles. The van der Waals surface area contributed by atoms with Crippen LogP contribution in [-0.4, -0.2) is 23.4 Å². The van der Waals surface area contributed by atoms with Crippen LogP contribution in [0.5, 0.6) is 0 Å². The first-order valence-corrected chi connectivity index (χ1v) is 4.01. The molecule has 0 saturated heterocycles. The van der Waals surface area contributed by atoms with E-state index in [0.29, 0.717) is 6.42 Å². The zero-order chi connectivity index (χ0) is 9.11. The molecule has 0 radical (unpaired) electrons. The SMILES string of the molecule is C=CCC(C)C.OCCCO. The molecule has 0 bridgehead atoms. The van der Waals surface area contributed by atoms with Crippen molar-refractivity contribution >= 4 is 0 Å². The fraction of sp³-hybridized carbons (Fsp3) is 0.778. The van der Waals surface area contributed by atoms with Crippen molar-refractivity contribution in [1.82, 2.24) is 0 Å². The fourth-order valence-corrected chi connectivity index (χ4v) is 0.404. The Kier molecular flexibility index (Phi) is 14.9. The van der Waals surface area contributed by atoms with Crippen LogP contribution in [0, 0.1) is 5.92 Å². The van der Waals surface area contributed by atoms with E-state index in [0.717, 1.165) is 12.3 Å². The molecule has 11 heavy (non-hydrogen) atoms. The summed E-state index contributed by atoms with van der Waals surface area (Å²) in [6.07, 6.45) is 3.59. The molecule has 2 nitrogen and oxygen atoms in total. The first kappa shape index (κ1) is 13.3. The molecule has 68 valence electrons. The van der Waals surface area contributed by atoms with Crippen LogP contribution in [-0.2, 0) is 0 Å². The van der Waals surface area contributed by atoms with Crippen molar-refractivity contribution in [2.75, 3.05) is 13.2 Å². The molecule has 0 aromatic carbocycles. The Balaban J connectivity index is 0. The van der Waals surface area contributed by atoms with Crippen LogP contribution in [0.3, 0.4) is 0 Å². The minimum Gasteiger partial charge on any atom is -0.396 e. The fourth-order valence-electron chi connectivity index (χ4n) is 0.404. The van der Waals surface area contributed by atoms with E-state index in [1.54, 1.807) is 0 Å². The number of hydrogen-bond donors (Lipinski definition) is 2. The molecular formula is C9H20O2. The Bertz CT molecular complexity index is 68.0. The summed E-state index contributed by atoms with van der Waals surface area (Å²) in [7, 11) is 0. The van der Waals surface area contributed by atoms with E-state index in [2.05, 4.69) is 20.4 Å². The van der Waals surface area contributed by atoms with Gasteiger partial charge in [-0.25, -0.2) is 0 Å². The number of aliphatic hydroxyl groups excluding tert-OH is 2. The Labute approximate surface area is 69.6 Å². The van der Waals surface area contributed by atoms with Crippen LogP contribution < -0.4 is 0 Å². The Morgan fingerprint density at radius 2 is 1.73 bits per heavy atom. The third kappa shape index (κ3) is 26.1. The maximum atomic E-state index is 7.91. The Morgan fingerprint density at radius 1 is 1.27 bits per heavy atom. The monoisotopic (exact) mass is 160 g/mol. The van der Waals surface area contributed by atoms with Gasteiger partial charge in [-0.05, 0) is 18.8 Å². The van der Waals surface area contributed by atoms with Crippen molar-refractivity contribution in [2.45, 2.75) is 26.7 Å². The van der Waals surface area contributed by atoms with Crippen molar-refractivity contribution in [2.24, 2.45) is 5.92 Å². The zero-order valence-corrected chi connectivity index (χ0v) is 7.58. The van der Waals surface area contributed by atoms with E-state index < -0.39 is 0 Å². The lowest BCUT2D eigenvalue weighted by atomic mass is 10.1. The van der Waals surface area contributed by atoms with Gasteiger partial charge in [0.1, 0.15) is 0 Å². The van der Waals surface area contributed by atoms with E-state index in [9.17, 15) is 0 Å². The summed E-state index contributed by atoms with van der Waals surface area (Å²) in [4.78, 5) is 0. The van der Waals surface area contributed by atoms with E-state index in [4.69, 9.17) is 10.2 Å². The highest BCUT2D eigenvalue weighted by molar-refractivity contribution is 4.67. The maximum absolute atomic E-state index is 7.91. The summed E-state index contributed by atoms with van der Waals surface area (Å²) >= 11 is 0. The third-order valence-electron chi connectivity index (χ3n) is 0.954. The summed E-state index contributed by atoms with van der Waals surface area (Å²) in [5, 5.41) is 15.8. The molecule has 0 spiro atoms. The van der Waals surface area contributed by atoms with Gasteiger partial charge in [-0.2, -0.15) is 0 Å². The van der Waals surface area contributed by atoms with Crippen LogP contribution in [0.25, 0.3) is 0 Å². The molecule has 0 aliphatic carbocycles. The minimum atomic E-state index is 0.0938. The quantitative estimate of drug-likeness (QED) is 0.613. The topological polar surface area (TPSA) is 40.5 Å². The van der Waals surface area contributed by atoms with Gasteiger partial charge in [0.2, 0.25) is 0 Å². The summed E-state index contributed by atoms with van der Waals surface area (Å²) in [6.45, 7) is 8.15. The third-order valence-corrected chi connectivity index (χ3v) is 0.954. The molecule has 2 N–H and O–H groups in total. The smallest absolute Gasteiger partial charge is 0.0452 e. The lowest BCUT2D eigenvalue weighted by Gasteiger charge is -1.92. The molecule has 0 saturated carbocycles. The van der Waals surface area contributed by atoms with E-state index >= 15 is 0 Å². The normalized spacial score (nSPS) is 8.82. The van der Waals surface area contributed by atoms with Crippen LogP contribution in [0.15, 0.2) is 12.7 Å². The summed E-state index contributed by atoms with van der Waals surface area (Å²) < 4.78 is 0. The second-order valence-corrected chi connectivity index (χ2v) is 2.72. The van der Waals surface area contributed by atoms with E-state index in [-0.39, 0.29) is 13.2 Å². The number of hydrogen-bond acceptors (Lipinski definition) is 2. The van der Waals surface area contributed by atoms with Crippen LogP contribution in [0.1, 0.15) is 26.7 Å². The predicted molar refractivity (Wildman–Crippen MR) is 48.4 cm³/mol. The van der Waals surface area contributed by atoms with Gasteiger partial charge in [-0.1, -0.05) is 19.9 Å². The summed E-state index contributed by atoms with van der Waals surface area (Å²) in [6, 6.07) is 0. The molecule has 0 aliphatic heterocycles. The Hall–Kier alpha value is -0.340. The molecule has 0 aliphatic rings. The minimum absolute atomic E-state index is 0.0938. The molecule has 0 amide bonds. The second kappa shape index (κ2) is 12.3. The average molecular weight is 160 g/mol. The van der Waals surface area contributed by atoms with Gasteiger partial charge in [-0.3, -0.25) is 0 Å². The lowest BCUT2D eigenvalue weighted by Crippen LogP contribution is -1.85. The van der Waals surface area contributed by atoms with Gasteiger partial charge in [0.25, 0.3) is 0 Å². The maximum Gasteiger partial charge on any atom is 0.0452 e. The highest BCUT2D eigenvalue weighted by Crippen LogP contribution is 1.96. The van der Waals surface area contributed by atoms with Gasteiger partial charge in [0.05, 0.1) is 0 Å². The van der Waals surface area contributed by atoms with Crippen molar-refractivity contribution in [3.05, 3.63) is 12.7 Å².